The number of carbonyl (C=O) groups is 2. The van der Waals surface area contributed by atoms with Gasteiger partial charge in [-0.05, 0) is 28.8 Å². The highest BCUT2D eigenvalue weighted by molar-refractivity contribution is 7.11. The van der Waals surface area contributed by atoms with E-state index in [1.165, 1.54) is 27.7 Å². The first kappa shape index (κ1) is 21.7. The quantitative estimate of drug-likeness (QED) is 0.418. The lowest BCUT2D eigenvalue weighted by Crippen LogP contribution is -2.43. The number of thiazole rings is 1. The molecule has 4 rings (SSSR count). The molecule has 1 unspecified atom stereocenters. The van der Waals surface area contributed by atoms with E-state index in [9.17, 15) is 14.7 Å². The van der Waals surface area contributed by atoms with Gasteiger partial charge in [0, 0.05) is 17.7 Å². The molecule has 0 aliphatic heterocycles. The minimum atomic E-state index is -1.04. The Bertz CT molecular complexity index is 1250. The minimum absolute atomic E-state index is 0.123. The molecule has 4 aromatic rings. The summed E-state index contributed by atoms with van der Waals surface area (Å²) in [6.07, 6.45) is 1.06. The van der Waals surface area contributed by atoms with Crippen LogP contribution in [-0.2, 0) is 28.9 Å². The van der Waals surface area contributed by atoms with Crippen LogP contribution in [0.3, 0.4) is 0 Å². The molecule has 5 nitrogen and oxygen atoms in total. The summed E-state index contributed by atoms with van der Waals surface area (Å²) < 4.78 is 0. The van der Waals surface area contributed by atoms with Crippen molar-refractivity contribution in [3.05, 3.63) is 99.5 Å². The van der Waals surface area contributed by atoms with E-state index in [1.54, 1.807) is 0 Å². The van der Waals surface area contributed by atoms with Gasteiger partial charge in [-0.3, -0.25) is 4.79 Å². The molecular formula is C26H24N2O3S. The normalized spacial score (nSPS) is 11.9. The monoisotopic (exact) mass is 444 g/mol. The molecule has 1 amide bonds. The Morgan fingerprint density at radius 2 is 1.72 bits per heavy atom. The molecular weight excluding hydrogens is 420 g/mol. The fourth-order valence-electron chi connectivity index (χ4n) is 3.78. The summed E-state index contributed by atoms with van der Waals surface area (Å²) in [4.78, 5) is 29.8. The van der Waals surface area contributed by atoms with Gasteiger partial charge in [-0.15, -0.1) is 11.3 Å². The van der Waals surface area contributed by atoms with Crippen LogP contribution in [0.4, 0.5) is 0 Å². The second-order valence-corrected chi connectivity index (χ2v) is 8.92. The summed E-state index contributed by atoms with van der Waals surface area (Å²) in [6.45, 7) is 1.89. The van der Waals surface area contributed by atoms with Gasteiger partial charge in [0.25, 0.3) is 0 Å². The molecule has 2 N–H and O–H groups in total. The molecule has 1 atom stereocenters. The molecule has 32 heavy (non-hydrogen) atoms. The van der Waals surface area contributed by atoms with Gasteiger partial charge in [-0.25, -0.2) is 9.78 Å². The van der Waals surface area contributed by atoms with Crippen molar-refractivity contribution in [2.45, 2.75) is 32.2 Å². The van der Waals surface area contributed by atoms with Crippen LogP contribution in [0.15, 0.2) is 72.8 Å². The number of carboxylic acids is 1. The van der Waals surface area contributed by atoms with Gasteiger partial charge in [0.15, 0.2) is 0 Å². The van der Waals surface area contributed by atoms with Gasteiger partial charge >= 0.3 is 5.97 Å². The standard InChI is InChI=1S/C26H24N2O3S/c1-17-23(16-24(29)28-22(26(30)31)14-18-8-3-2-4-9-18)32-25(27-17)15-20-12-7-11-19-10-5-6-13-21(19)20/h2-13,22H,14-16H2,1H3,(H,28,29)(H,30,31). The molecule has 0 fully saturated rings. The second kappa shape index (κ2) is 9.75. The number of carbonyl (C=O) groups excluding carboxylic acids is 1. The fraction of sp³-hybridized carbons (Fsp3) is 0.192. The van der Waals surface area contributed by atoms with Crippen molar-refractivity contribution in [2.24, 2.45) is 0 Å². The summed E-state index contributed by atoms with van der Waals surface area (Å²) >= 11 is 1.51. The molecule has 1 heterocycles. The summed E-state index contributed by atoms with van der Waals surface area (Å²) in [5.41, 5.74) is 2.88. The average Bonchev–Trinajstić information content (AvgIpc) is 3.12. The molecule has 0 aliphatic rings. The van der Waals surface area contributed by atoms with Crippen LogP contribution in [0.25, 0.3) is 10.8 Å². The van der Waals surface area contributed by atoms with Gasteiger partial charge in [0.1, 0.15) is 6.04 Å². The smallest absolute Gasteiger partial charge is 0.326 e. The molecule has 0 saturated heterocycles. The Balaban J connectivity index is 1.44. The Kier molecular flexibility index (Phi) is 6.61. The van der Waals surface area contributed by atoms with Crippen molar-refractivity contribution in [3.63, 3.8) is 0 Å². The van der Waals surface area contributed by atoms with E-state index in [2.05, 4.69) is 34.6 Å². The molecule has 3 aromatic carbocycles. The van der Waals surface area contributed by atoms with Gasteiger partial charge in [-0.1, -0.05) is 72.8 Å². The highest BCUT2D eigenvalue weighted by atomic mass is 32.1. The summed E-state index contributed by atoms with van der Waals surface area (Å²) in [6, 6.07) is 22.8. The van der Waals surface area contributed by atoms with Crippen LogP contribution in [0.1, 0.15) is 26.7 Å². The largest absolute Gasteiger partial charge is 0.480 e. The second-order valence-electron chi connectivity index (χ2n) is 7.76. The maximum atomic E-state index is 12.6. The first-order valence-electron chi connectivity index (χ1n) is 10.5. The molecule has 0 radical (unpaired) electrons. The Labute approximate surface area is 190 Å². The summed E-state index contributed by atoms with van der Waals surface area (Å²) in [5.74, 6) is -1.35. The highest BCUT2D eigenvalue weighted by Crippen LogP contribution is 2.25. The SMILES string of the molecule is Cc1nc(Cc2cccc3ccccc23)sc1CC(=O)NC(Cc1ccccc1)C(=O)O. The fourth-order valence-corrected chi connectivity index (χ4v) is 4.87. The molecule has 0 saturated carbocycles. The van der Waals surface area contributed by atoms with E-state index in [4.69, 9.17) is 0 Å². The zero-order chi connectivity index (χ0) is 22.5. The number of fused-ring (bicyclic) bond motifs is 1. The number of nitrogens with one attached hydrogen (secondary N) is 1. The van der Waals surface area contributed by atoms with E-state index in [0.717, 1.165) is 21.1 Å². The molecule has 162 valence electrons. The summed E-state index contributed by atoms with van der Waals surface area (Å²) in [5, 5.41) is 15.5. The third-order valence-electron chi connectivity index (χ3n) is 5.40. The van der Waals surface area contributed by atoms with Crippen molar-refractivity contribution in [3.8, 4) is 0 Å². The highest BCUT2D eigenvalue weighted by Gasteiger charge is 2.21. The minimum Gasteiger partial charge on any atom is -0.480 e. The van der Waals surface area contributed by atoms with Gasteiger partial charge < -0.3 is 10.4 Å². The van der Waals surface area contributed by atoms with Crippen molar-refractivity contribution in [1.29, 1.82) is 0 Å². The third-order valence-corrected chi connectivity index (χ3v) is 6.55. The first-order valence-corrected chi connectivity index (χ1v) is 11.3. The van der Waals surface area contributed by atoms with Crippen LogP contribution < -0.4 is 5.32 Å². The number of aryl methyl sites for hydroxylation is 1. The van der Waals surface area contributed by atoms with Crippen LogP contribution >= 0.6 is 11.3 Å². The van der Waals surface area contributed by atoms with Crippen molar-refractivity contribution >= 4 is 34.0 Å². The maximum Gasteiger partial charge on any atom is 0.326 e. The lowest BCUT2D eigenvalue weighted by atomic mass is 10.0. The van der Waals surface area contributed by atoms with E-state index in [-0.39, 0.29) is 18.7 Å². The number of nitrogens with zero attached hydrogens (tertiary/aromatic N) is 1. The van der Waals surface area contributed by atoms with Crippen molar-refractivity contribution in [1.82, 2.24) is 10.3 Å². The molecule has 0 spiro atoms. The Morgan fingerprint density at radius 3 is 2.50 bits per heavy atom. The van der Waals surface area contributed by atoms with E-state index < -0.39 is 12.0 Å². The predicted molar refractivity (Wildman–Crippen MR) is 127 cm³/mol. The number of rotatable bonds is 8. The molecule has 6 heteroatoms. The molecule has 0 bridgehead atoms. The van der Waals surface area contributed by atoms with E-state index in [0.29, 0.717) is 6.42 Å². The number of benzene rings is 3. The average molecular weight is 445 g/mol. The molecule has 1 aromatic heterocycles. The summed E-state index contributed by atoms with van der Waals surface area (Å²) in [7, 11) is 0. The van der Waals surface area contributed by atoms with Crippen LogP contribution in [0.2, 0.25) is 0 Å². The zero-order valence-corrected chi connectivity index (χ0v) is 18.6. The number of carboxylic acid groups (broad SMARTS) is 1. The number of hydrogen-bond donors (Lipinski definition) is 2. The maximum absolute atomic E-state index is 12.6. The van der Waals surface area contributed by atoms with Crippen LogP contribution in [-0.4, -0.2) is 28.0 Å². The van der Waals surface area contributed by atoms with E-state index in [1.807, 2.05) is 55.5 Å². The predicted octanol–water partition coefficient (Wildman–Crippen LogP) is 4.55. The number of aromatic nitrogens is 1. The topological polar surface area (TPSA) is 79.3 Å². The third kappa shape index (κ3) is 5.21. The Morgan fingerprint density at radius 1 is 1.00 bits per heavy atom. The van der Waals surface area contributed by atoms with Gasteiger partial charge in [0.05, 0.1) is 17.1 Å². The van der Waals surface area contributed by atoms with Crippen molar-refractivity contribution < 1.29 is 14.7 Å². The lowest BCUT2D eigenvalue weighted by Gasteiger charge is -2.14. The lowest BCUT2D eigenvalue weighted by molar-refractivity contribution is -0.141. The van der Waals surface area contributed by atoms with Crippen LogP contribution in [0.5, 0.6) is 0 Å². The van der Waals surface area contributed by atoms with Gasteiger partial charge in [0.2, 0.25) is 5.91 Å². The van der Waals surface area contributed by atoms with E-state index >= 15 is 0 Å². The number of aliphatic carboxylic acids is 1. The Hall–Kier alpha value is -3.51. The number of hydrogen-bond acceptors (Lipinski definition) is 4. The molecule has 0 aliphatic carbocycles. The first-order chi connectivity index (χ1) is 15.5. The van der Waals surface area contributed by atoms with Crippen LogP contribution in [0, 0.1) is 6.92 Å². The number of amides is 1. The zero-order valence-electron chi connectivity index (χ0n) is 17.7. The van der Waals surface area contributed by atoms with Gasteiger partial charge in [-0.2, -0.15) is 0 Å². The van der Waals surface area contributed by atoms with Crippen molar-refractivity contribution in [2.75, 3.05) is 0 Å².